The van der Waals surface area contributed by atoms with Crippen LogP contribution in [0.25, 0.3) is 0 Å². The van der Waals surface area contributed by atoms with Crippen molar-refractivity contribution in [1.29, 1.82) is 0 Å². The fourth-order valence-corrected chi connectivity index (χ4v) is 0.863. The molecule has 0 radical (unpaired) electrons. The summed E-state index contributed by atoms with van der Waals surface area (Å²) in [6.07, 6.45) is 1.24. The van der Waals surface area contributed by atoms with Gasteiger partial charge in [-0.3, -0.25) is 0 Å². The zero-order valence-electron chi connectivity index (χ0n) is 8.64. The Kier molecular flexibility index (Phi) is 4.05. The summed E-state index contributed by atoms with van der Waals surface area (Å²) >= 11 is 0. The molecule has 0 unspecified atom stereocenters. The molecular weight excluding hydrogens is 198 g/mol. The summed E-state index contributed by atoms with van der Waals surface area (Å²) in [4.78, 5) is 14.4. The molecule has 1 atom stereocenters. The highest BCUT2D eigenvalue weighted by atomic mass is 16.5. The third-order valence-corrected chi connectivity index (χ3v) is 1.85. The zero-order valence-corrected chi connectivity index (χ0v) is 8.64. The van der Waals surface area contributed by atoms with Gasteiger partial charge < -0.3 is 14.6 Å². The Hall–Kier alpha value is -1.62. The molecule has 5 nitrogen and oxygen atoms in total. The van der Waals surface area contributed by atoms with Crippen molar-refractivity contribution in [3.63, 3.8) is 0 Å². The predicted octanol–water partition coefficient (Wildman–Crippen LogP) is 1.19. The number of methoxy groups -OCH3 is 1. The topological polar surface area (TPSA) is 68.7 Å². The van der Waals surface area contributed by atoms with Crippen LogP contribution in [0, 0.1) is 0 Å². The van der Waals surface area contributed by atoms with Gasteiger partial charge in [0, 0.05) is 19.4 Å². The number of carboxylic acid groups (broad SMARTS) is 1. The molecule has 0 spiro atoms. The van der Waals surface area contributed by atoms with Crippen LogP contribution in [-0.4, -0.2) is 35.9 Å². The summed E-state index contributed by atoms with van der Waals surface area (Å²) in [5.74, 6) is -0.608. The third kappa shape index (κ3) is 3.55. The van der Waals surface area contributed by atoms with Crippen LogP contribution in [0.3, 0.4) is 0 Å². The quantitative estimate of drug-likeness (QED) is 0.792. The number of pyridine rings is 1. The first-order valence-corrected chi connectivity index (χ1v) is 4.48. The number of carbonyl (C=O) groups is 1. The maximum atomic E-state index is 10.5. The molecule has 0 amide bonds. The number of nitrogens with zero attached hydrogens (tertiary/aromatic N) is 1. The fraction of sp³-hybridized carbons (Fsp3) is 0.400. The Morgan fingerprint density at radius 2 is 2.33 bits per heavy atom. The van der Waals surface area contributed by atoms with Gasteiger partial charge in [-0.15, -0.1) is 0 Å². The molecule has 1 heterocycles. The van der Waals surface area contributed by atoms with Gasteiger partial charge in [0.25, 0.3) is 0 Å². The van der Waals surface area contributed by atoms with Gasteiger partial charge in [-0.25, -0.2) is 9.78 Å². The van der Waals surface area contributed by atoms with Gasteiger partial charge in [-0.05, 0) is 13.0 Å². The second-order valence-corrected chi connectivity index (χ2v) is 3.05. The molecular formula is C10H13NO4. The van der Waals surface area contributed by atoms with Crippen LogP contribution in [0.1, 0.15) is 17.3 Å². The largest absolute Gasteiger partial charge is 0.478 e. The number of aromatic carboxylic acids is 1. The molecule has 0 fully saturated rings. The van der Waals surface area contributed by atoms with Crippen molar-refractivity contribution < 1.29 is 19.4 Å². The standard InChI is InChI=1S/C10H13NO4/c1-7(14-2)6-15-9-4-3-8(5-11-9)10(12)13/h3-5,7H,6H2,1-2H3,(H,12,13)/t7-/m0/s1. The Balaban J connectivity index is 2.53. The number of rotatable bonds is 5. The zero-order chi connectivity index (χ0) is 11.3. The van der Waals surface area contributed by atoms with Crippen LogP contribution >= 0.6 is 0 Å². The van der Waals surface area contributed by atoms with Crippen LogP contribution in [0.2, 0.25) is 0 Å². The highest BCUT2D eigenvalue weighted by molar-refractivity contribution is 5.87. The molecule has 1 rings (SSSR count). The van der Waals surface area contributed by atoms with E-state index in [1.165, 1.54) is 18.3 Å². The van der Waals surface area contributed by atoms with Crippen LogP contribution in [0.4, 0.5) is 0 Å². The average Bonchev–Trinajstić information content (AvgIpc) is 2.26. The Labute approximate surface area is 87.7 Å². The van der Waals surface area contributed by atoms with E-state index in [2.05, 4.69) is 4.98 Å². The van der Waals surface area contributed by atoms with Gasteiger partial charge in [-0.1, -0.05) is 0 Å². The summed E-state index contributed by atoms with van der Waals surface area (Å²) in [6, 6.07) is 2.97. The van der Waals surface area contributed by atoms with E-state index in [9.17, 15) is 4.79 Å². The molecule has 0 aliphatic heterocycles. The first-order valence-electron chi connectivity index (χ1n) is 4.48. The van der Waals surface area contributed by atoms with E-state index < -0.39 is 5.97 Å². The van der Waals surface area contributed by atoms with Crippen LogP contribution < -0.4 is 4.74 Å². The van der Waals surface area contributed by atoms with Crippen molar-refractivity contribution in [2.75, 3.05) is 13.7 Å². The Morgan fingerprint density at radius 1 is 1.60 bits per heavy atom. The van der Waals surface area contributed by atoms with Crippen LogP contribution in [0.15, 0.2) is 18.3 Å². The first kappa shape index (κ1) is 11.5. The normalized spacial score (nSPS) is 12.1. The summed E-state index contributed by atoms with van der Waals surface area (Å²) in [5.41, 5.74) is 0.141. The Morgan fingerprint density at radius 3 is 2.80 bits per heavy atom. The molecule has 5 heteroatoms. The molecule has 1 aromatic heterocycles. The lowest BCUT2D eigenvalue weighted by atomic mass is 10.3. The second-order valence-electron chi connectivity index (χ2n) is 3.05. The minimum atomic E-state index is -1.00. The van der Waals surface area contributed by atoms with Crippen molar-refractivity contribution >= 4 is 5.97 Å². The molecule has 82 valence electrons. The molecule has 0 saturated heterocycles. The van der Waals surface area contributed by atoms with E-state index >= 15 is 0 Å². The Bertz CT molecular complexity index is 323. The van der Waals surface area contributed by atoms with E-state index in [-0.39, 0.29) is 11.7 Å². The lowest BCUT2D eigenvalue weighted by molar-refractivity contribution is 0.0685. The van der Waals surface area contributed by atoms with Gasteiger partial charge in [0.2, 0.25) is 5.88 Å². The summed E-state index contributed by atoms with van der Waals surface area (Å²) in [7, 11) is 1.59. The predicted molar refractivity (Wildman–Crippen MR) is 53.2 cm³/mol. The summed E-state index contributed by atoms with van der Waals surface area (Å²) in [6.45, 7) is 2.25. The maximum Gasteiger partial charge on any atom is 0.337 e. The molecule has 15 heavy (non-hydrogen) atoms. The summed E-state index contributed by atoms with van der Waals surface area (Å²) in [5, 5.41) is 8.63. The molecule has 0 saturated carbocycles. The molecule has 1 N–H and O–H groups in total. The van der Waals surface area contributed by atoms with Crippen molar-refractivity contribution in [3.8, 4) is 5.88 Å². The van der Waals surface area contributed by atoms with E-state index in [1.54, 1.807) is 7.11 Å². The SMILES string of the molecule is CO[C@@H](C)COc1ccc(C(=O)O)cn1. The van der Waals surface area contributed by atoms with Gasteiger partial charge in [-0.2, -0.15) is 0 Å². The first-order chi connectivity index (χ1) is 7.13. The van der Waals surface area contributed by atoms with Crippen molar-refractivity contribution in [1.82, 2.24) is 4.98 Å². The lowest BCUT2D eigenvalue weighted by Crippen LogP contribution is -2.16. The monoisotopic (exact) mass is 211 g/mol. The van der Waals surface area contributed by atoms with Gasteiger partial charge in [0.05, 0.1) is 11.7 Å². The maximum absolute atomic E-state index is 10.5. The van der Waals surface area contributed by atoms with Crippen LogP contribution in [0.5, 0.6) is 5.88 Å². The van der Waals surface area contributed by atoms with E-state index in [0.717, 1.165) is 0 Å². The highest BCUT2D eigenvalue weighted by Gasteiger charge is 2.04. The van der Waals surface area contributed by atoms with Gasteiger partial charge >= 0.3 is 5.97 Å². The molecule has 0 aliphatic carbocycles. The molecule has 0 aromatic carbocycles. The van der Waals surface area contributed by atoms with Crippen molar-refractivity contribution in [2.45, 2.75) is 13.0 Å². The van der Waals surface area contributed by atoms with Crippen molar-refractivity contribution in [2.24, 2.45) is 0 Å². The molecule has 0 bridgehead atoms. The molecule has 0 aliphatic rings. The number of carboxylic acids is 1. The van der Waals surface area contributed by atoms with Crippen LogP contribution in [-0.2, 0) is 4.74 Å². The van der Waals surface area contributed by atoms with E-state index in [1.807, 2.05) is 6.92 Å². The smallest absolute Gasteiger partial charge is 0.337 e. The van der Waals surface area contributed by atoms with Crippen molar-refractivity contribution in [3.05, 3.63) is 23.9 Å². The average molecular weight is 211 g/mol. The third-order valence-electron chi connectivity index (χ3n) is 1.85. The number of hydrogen-bond donors (Lipinski definition) is 1. The van der Waals surface area contributed by atoms with E-state index in [4.69, 9.17) is 14.6 Å². The lowest BCUT2D eigenvalue weighted by Gasteiger charge is -2.10. The fourth-order valence-electron chi connectivity index (χ4n) is 0.863. The van der Waals surface area contributed by atoms with E-state index in [0.29, 0.717) is 12.5 Å². The minimum absolute atomic E-state index is 0.0223. The molecule has 1 aromatic rings. The minimum Gasteiger partial charge on any atom is -0.478 e. The number of aromatic nitrogens is 1. The van der Waals surface area contributed by atoms with Gasteiger partial charge in [0.15, 0.2) is 0 Å². The second kappa shape index (κ2) is 5.31. The van der Waals surface area contributed by atoms with Gasteiger partial charge in [0.1, 0.15) is 6.61 Å². The highest BCUT2D eigenvalue weighted by Crippen LogP contribution is 2.08. The summed E-state index contributed by atoms with van der Waals surface area (Å²) < 4.78 is 10.3. The number of hydrogen-bond acceptors (Lipinski definition) is 4. The number of ether oxygens (including phenoxy) is 2.